The molecular weight excluding hydrogens is 216 g/mol. The van der Waals surface area contributed by atoms with Gasteiger partial charge in [0.25, 0.3) is 5.92 Å². The third-order valence-electron chi connectivity index (χ3n) is 2.40. The second-order valence-corrected chi connectivity index (χ2v) is 3.66. The summed E-state index contributed by atoms with van der Waals surface area (Å²) in [6.45, 7) is 0.781. The van der Waals surface area contributed by atoms with Crippen LogP contribution in [0.3, 0.4) is 0 Å². The lowest BCUT2D eigenvalue weighted by molar-refractivity contribution is 0.0191. The van der Waals surface area contributed by atoms with Crippen molar-refractivity contribution in [3.63, 3.8) is 0 Å². The van der Waals surface area contributed by atoms with E-state index in [0.29, 0.717) is 5.52 Å². The number of carbonyl (C=O) groups is 1. The number of alkyl halides is 2. The van der Waals surface area contributed by atoms with Gasteiger partial charge in [-0.3, -0.25) is 0 Å². The van der Waals surface area contributed by atoms with Crippen LogP contribution in [0.4, 0.5) is 8.78 Å². The predicted molar refractivity (Wildman–Crippen MR) is 54.8 cm³/mol. The van der Waals surface area contributed by atoms with Crippen LogP contribution >= 0.6 is 0 Å². The lowest BCUT2D eigenvalue weighted by atomic mass is 10.1. The Balaban J connectivity index is 2.70. The van der Waals surface area contributed by atoms with E-state index in [9.17, 15) is 13.6 Å². The highest BCUT2D eigenvalue weighted by molar-refractivity contribution is 5.94. The van der Waals surface area contributed by atoms with E-state index in [1.807, 2.05) is 0 Å². The van der Waals surface area contributed by atoms with Gasteiger partial charge in [0.1, 0.15) is 0 Å². The molecule has 0 aliphatic carbocycles. The molecule has 0 aliphatic heterocycles. The molecule has 0 atom stereocenters. The molecule has 2 rings (SSSR count). The van der Waals surface area contributed by atoms with Crippen molar-refractivity contribution in [1.82, 2.24) is 4.98 Å². The molecule has 0 aliphatic rings. The minimum atomic E-state index is -2.99. The highest BCUT2D eigenvalue weighted by atomic mass is 19.3. The van der Waals surface area contributed by atoms with Crippen molar-refractivity contribution in [2.75, 3.05) is 0 Å². The van der Waals surface area contributed by atoms with Crippen LogP contribution < -0.4 is 0 Å². The third-order valence-corrected chi connectivity index (χ3v) is 2.40. The number of hydrogen-bond donors (Lipinski definition) is 2. The largest absolute Gasteiger partial charge is 0.478 e. The molecule has 1 aromatic carbocycles. The molecule has 0 spiro atoms. The molecule has 0 unspecified atom stereocenters. The van der Waals surface area contributed by atoms with E-state index in [0.717, 1.165) is 6.92 Å². The van der Waals surface area contributed by atoms with Crippen LogP contribution in [-0.2, 0) is 5.92 Å². The van der Waals surface area contributed by atoms with E-state index in [4.69, 9.17) is 5.11 Å². The van der Waals surface area contributed by atoms with Crippen LogP contribution in [0.15, 0.2) is 24.4 Å². The Morgan fingerprint density at radius 3 is 2.69 bits per heavy atom. The zero-order chi connectivity index (χ0) is 11.9. The smallest absolute Gasteiger partial charge is 0.335 e. The maximum absolute atomic E-state index is 13.2. The number of H-pyrrole nitrogens is 1. The zero-order valence-electron chi connectivity index (χ0n) is 8.42. The molecule has 5 heteroatoms. The van der Waals surface area contributed by atoms with E-state index >= 15 is 0 Å². The molecule has 0 amide bonds. The van der Waals surface area contributed by atoms with Gasteiger partial charge in [0.05, 0.1) is 5.56 Å². The normalized spacial score (nSPS) is 11.9. The first-order valence-electron chi connectivity index (χ1n) is 4.62. The average molecular weight is 225 g/mol. The summed E-state index contributed by atoms with van der Waals surface area (Å²) < 4.78 is 26.4. The van der Waals surface area contributed by atoms with E-state index in [2.05, 4.69) is 4.98 Å². The molecule has 16 heavy (non-hydrogen) atoms. The second-order valence-electron chi connectivity index (χ2n) is 3.66. The molecule has 0 radical (unpaired) electrons. The summed E-state index contributed by atoms with van der Waals surface area (Å²) >= 11 is 0. The molecule has 2 aromatic rings. The molecule has 3 nitrogen and oxygen atoms in total. The van der Waals surface area contributed by atoms with Crippen LogP contribution in [0.25, 0.3) is 10.9 Å². The van der Waals surface area contributed by atoms with Crippen molar-refractivity contribution in [2.45, 2.75) is 12.8 Å². The van der Waals surface area contributed by atoms with Crippen LogP contribution in [0.5, 0.6) is 0 Å². The van der Waals surface area contributed by atoms with Crippen LogP contribution in [0, 0.1) is 0 Å². The SMILES string of the molecule is CC(F)(F)c1c[nH]c2ccc(C(=O)O)cc12. The Kier molecular flexibility index (Phi) is 2.18. The maximum Gasteiger partial charge on any atom is 0.335 e. The standard InChI is InChI=1S/C11H9F2NO2/c1-11(12,13)8-5-14-9-3-2-6(10(15)16)4-7(8)9/h2-5,14H,1H3,(H,15,16). The molecule has 0 fully saturated rings. The van der Waals surface area contributed by atoms with Gasteiger partial charge in [-0.15, -0.1) is 0 Å². The van der Waals surface area contributed by atoms with Crippen LogP contribution in [0.2, 0.25) is 0 Å². The number of fused-ring (bicyclic) bond motifs is 1. The van der Waals surface area contributed by atoms with E-state index in [1.165, 1.54) is 24.4 Å². The fraction of sp³-hybridized carbons (Fsp3) is 0.182. The first kappa shape index (κ1) is 10.6. The quantitative estimate of drug-likeness (QED) is 0.825. The van der Waals surface area contributed by atoms with E-state index < -0.39 is 11.9 Å². The van der Waals surface area contributed by atoms with Gasteiger partial charge < -0.3 is 10.1 Å². The van der Waals surface area contributed by atoms with Crippen molar-refractivity contribution in [2.24, 2.45) is 0 Å². The lowest BCUT2D eigenvalue weighted by Crippen LogP contribution is -2.06. The molecule has 0 saturated carbocycles. The van der Waals surface area contributed by atoms with E-state index in [-0.39, 0.29) is 16.5 Å². The highest BCUT2D eigenvalue weighted by Crippen LogP contribution is 2.33. The second kappa shape index (κ2) is 3.30. The Morgan fingerprint density at radius 1 is 1.44 bits per heavy atom. The van der Waals surface area contributed by atoms with Crippen molar-refractivity contribution in [3.8, 4) is 0 Å². The number of aromatic nitrogens is 1. The summed E-state index contributed by atoms with van der Waals surface area (Å²) in [5.41, 5.74) is 0.310. The molecule has 1 heterocycles. The minimum Gasteiger partial charge on any atom is -0.478 e. The van der Waals surface area contributed by atoms with Gasteiger partial charge in [-0.25, -0.2) is 13.6 Å². The van der Waals surface area contributed by atoms with Crippen molar-refractivity contribution in [3.05, 3.63) is 35.5 Å². The van der Waals surface area contributed by atoms with Gasteiger partial charge in [-0.2, -0.15) is 0 Å². The number of aromatic amines is 1. The van der Waals surface area contributed by atoms with E-state index in [1.54, 1.807) is 0 Å². The van der Waals surface area contributed by atoms with Crippen LogP contribution in [-0.4, -0.2) is 16.1 Å². The van der Waals surface area contributed by atoms with Gasteiger partial charge in [0, 0.05) is 29.6 Å². The Bertz CT molecular complexity index is 555. The Morgan fingerprint density at radius 2 is 2.12 bits per heavy atom. The summed E-state index contributed by atoms with van der Waals surface area (Å²) in [6, 6.07) is 4.10. The van der Waals surface area contributed by atoms with Gasteiger partial charge in [0.15, 0.2) is 0 Å². The summed E-state index contributed by atoms with van der Waals surface area (Å²) in [7, 11) is 0. The number of hydrogen-bond acceptors (Lipinski definition) is 1. The number of rotatable bonds is 2. The third kappa shape index (κ3) is 1.64. The minimum absolute atomic E-state index is 0.00222. The van der Waals surface area contributed by atoms with Gasteiger partial charge in [-0.05, 0) is 18.2 Å². The molecule has 84 valence electrons. The van der Waals surface area contributed by atoms with Gasteiger partial charge >= 0.3 is 5.97 Å². The average Bonchev–Trinajstić information content (AvgIpc) is 2.58. The first-order valence-corrected chi connectivity index (χ1v) is 4.62. The monoisotopic (exact) mass is 225 g/mol. The van der Waals surface area contributed by atoms with Crippen molar-refractivity contribution >= 4 is 16.9 Å². The fourth-order valence-electron chi connectivity index (χ4n) is 1.62. The summed E-state index contributed by atoms with van der Waals surface area (Å²) in [4.78, 5) is 13.4. The topological polar surface area (TPSA) is 53.1 Å². The number of carboxylic acids is 1. The number of carboxylic acid groups (broad SMARTS) is 1. The molecule has 0 bridgehead atoms. The zero-order valence-corrected chi connectivity index (χ0v) is 8.42. The number of halogens is 2. The highest BCUT2D eigenvalue weighted by Gasteiger charge is 2.27. The number of aromatic carboxylic acids is 1. The molecule has 0 saturated heterocycles. The Hall–Kier alpha value is -1.91. The fourth-order valence-corrected chi connectivity index (χ4v) is 1.62. The van der Waals surface area contributed by atoms with Crippen molar-refractivity contribution < 1.29 is 18.7 Å². The molecule has 2 N–H and O–H groups in total. The Labute approximate surface area is 89.7 Å². The predicted octanol–water partition coefficient (Wildman–Crippen LogP) is 2.98. The molecule has 1 aromatic heterocycles. The van der Waals surface area contributed by atoms with Crippen LogP contribution in [0.1, 0.15) is 22.8 Å². The summed E-state index contributed by atoms with van der Waals surface area (Å²) in [6.07, 6.45) is 1.20. The lowest BCUT2D eigenvalue weighted by Gasteiger charge is -2.08. The number of benzene rings is 1. The van der Waals surface area contributed by atoms with Crippen molar-refractivity contribution in [1.29, 1.82) is 0 Å². The summed E-state index contributed by atoms with van der Waals surface area (Å²) in [5.74, 6) is -4.12. The van der Waals surface area contributed by atoms with Gasteiger partial charge in [0.2, 0.25) is 0 Å². The maximum atomic E-state index is 13.2. The molecular formula is C11H9F2NO2. The number of nitrogens with one attached hydrogen (secondary N) is 1. The van der Waals surface area contributed by atoms with Gasteiger partial charge in [-0.1, -0.05) is 0 Å². The summed E-state index contributed by atoms with van der Waals surface area (Å²) in [5, 5.41) is 9.02. The first-order chi connectivity index (χ1) is 7.39.